The minimum Gasteiger partial charge on any atom is -0.497 e. The van der Waals surface area contributed by atoms with Crippen LogP contribution in [0.2, 0.25) is 0 Å². The fraction of sp³-hybridized carbons (Fsp3) is 0.533. The zero-order valence-electron chi connectivity index (χ0n) is 11.1. The van der Waals surface area contributed by atoms with Crippen molar-refractivity contribution in [2.45, 2.75) is 46.0 Å². The lowest BCUT2D eigenvalue weighted by molar-refractivity contribution is -0.118. The normalized spacial score (nSPS) is 14.9. The predicted molar refractivity (Wildman–Crippen MR) is 70.6 cm³/mol. The largest absolute Gasteiger partial charge is 0.497 e. The SMILES string of the molecule is CC.COc1ccc2c(c1)CC(=O)CCCC2. The summed E-state index contributed by atoms with van der Waals surface area (Å²) >= 11 is 0. The van der Waals surface area contributed by atoms with Gasteiger partial charge in [0.15, 0.2) is 0 Å². The van der Waals surface area contributed by atoms with E-state index in [0.29, 0.717) is 12.2 Å². The molecule has 0 saturated heterocycles. The molecule has 1 aromatic carbocycles. The van der Waals surface area contributed by atoms with Gasteiger partial charge >= 0.3 is 0 Å². The number of ether oxygens (including phenoxy) is 1. The van der Waals surface area contributed by atoms with Crippen molar-refractivity contribution < 1.29 is 9.53 Å². The minimum atomic E-state index is 0.351. The van der Waals surface area contributed by atoms with Crippen LogP contribution in [-0.4, -0.2) is 12.9 Å². The van der Waals surface area contributed by atoms with Gasteiger partial charge in [0.25, 0.3) is 0 Å². The second-order valence-electron chi connectivity index (χ2n) is 4.06. The lowest BCUT2D eigenvalue weighted by Gasteiger charge is -2.13. The van der Waals surface area contributed by atoms with E-state index in [1.54, 1.807) is 7.11 Å². The Bertz CT molecular complexity index is 369. The molecule has 0 spiro atoms. The molecule has 1 aromatic rings. The van der Waals surface area contributed by atoms with Crippen LogP contribution in [-0.2, 0) is 17.6 Å². The highest BCUT2D eigenvalue weighted by molar-refractivity contribution is 5.81. The maximum atomic E-state index is 11.6. The molecule has 17 heavy (non-hydrogen) atoms. The highest BCUT2D eigenvalue weighted by Gasteiger charge is 2.12. The number of aryl methyl sites for hydroxylation is 1. The van der Waals surface area contributed by atoms with E-state index in [4.69, 9.17) is 4.74 Å². The molecule has 1 aliphatic carbocycles. The molecule has 0 atom stereocenters. The molecule has 0 radical (unpaired) electrons. The topological polar surface area (TPSA) is 26.3 Å². The van der Waals surface area contributed by atoms with Crippen molar-refractivity contribution in [2.75, 3.05) is 7.11 Å². The van der Waals surface area contributed by atoms with Crippen molar-refractivity contribution in [2.24, 2.45) is 0 Å². The van der Waals surface area contributed by atoms with E-state index in [9.17, 15) is 4.79 Å². The fourth-order valence-corrected chi connectivity index (χ4v) is 2.08. The van der Waals surface area contributed by atoms with Crippen LogP contribution in [0.1, 0.15) is 44.2 Å². The number of carbonyl (C=O) groups excluding carboxylic acids is 1. The molecule has 0 unspecified atom stereocenters. The standard InChI is InChI=1S/C13H16O2.C2H6/c1-15-13-7-6-10-4-2-3-5-12(14)8-11(10)9-13;1-2/h6-7,9H,2-5,8H2,1H3;1-2H3. The molecule has 0 heterocycles. The Balaban J connectivity index is 0.000000686. The van der Waals surface area contributed by atoms with Gasteiger partial charge in [-0.15, -0.1) is 0 Å². The first-order chi connectivity index (χ1) is 8.29. The Morgan fingerprint density at radius 2 is 1.76 bits per heavy atom. The molecular formula is C15H22O2. The number of rotatable bonds is 1. The number of Topliss-reactive ketones (excluding diaryl/α,β-unsaturated/α-hetero) is 1. The molecule has 0 fully saturated rings. The zero-order valence-corrected chi connectivity index (χ0v) is 11.1. The lowest BCUT2D eigenvalue weighted by Crippen LogP contribution is -2.09. The van der Waals surface area contributed by atoms with E-state index in [-0.39, 0.29) is 0 Å². The van der Waals surface area contributed by atoms with Crippen molar-refractivity contribution in [1.29, 1.82) is 0 Å². The van der Waals surface area contributed by atoms with Crippen LogP contribution in [0.4, 0.5) is 0 Å². The lowest BCUT2D eigenvalue weighted by atomic mass is 9.92. The number of hydrogen-bond donors (Lipinski definition) is 0. The average Bonchev–Trinajstić information content (AvgIpc) is 2.35. The van der Waals surface area contributed by atoms with Gasteiger partial charge in [0, 0.05) is 12.8 Å². The Morgan fingerprint density at radius 1 is 1.06 bits per heavy atom. The third-order valence-corrected chi connectivity index (χ3v) is 2.95. The van der Waals surface area contributed by atoms with E-state index >= 15 is 0 Å². The van der Waals surface area contributed by atoms with Crippen molar-refractivity contribution in [3.05, 3.63) is 29.3 Å². The molecule has 0 aliphatic heterocycles. The van der Waals surface area contributed by atoms with Crippen molar-refractivity contribution in [3.8, 4) is 5.75 Å². The summed E-state index contributed by atoms with van der Waals surface area (Å²) in [5.41, 5.74) is 2.46. The average molecular weight is 234 g/mol. The molecule has 94 valence electrons. The van der Waals surface area contributed by atoms with Crippen LogP contribution < -0.4 is 4.74 Å². The van der Waals surface area contributed by atoms with Gasteiger partial charge in [-0.25, -0.2) is 0 Å². The van der Waals surface area contributed by atoms with Gasteiger partial charge in [0.05, 0.1) is 7.11 Å². The smallest absolute Gasteiger partial charge is 0.137 e. The van der Waals surface area contributed by atoms with E-state index in [2.05, 4.69) is 6.07 Å². The van der Waals surface area contributed by atoms with Gasteiger partial charge in [0.1, 0.15) is 11.5 Å². The van der Waals surface area contributed by atoms with Crippen molar-refractivity contribution >= 4 is 5.78 Å². The molecule has 2 rings (SSSR count). The Hall–Kier alpha value is -1.31. The zero-order chi connectivity index (χ0) is 12.7. The molecule has 2 nitrogen and oxygen atoms in total. The second-order valence-corrected chi connectivity index (χ2v) is 4.06. The summed E-state index contributed by atoms with van der Waals surface area (Å²) in [5.74, 6) is 1.20. The maximum absolute atomic E-state index is 11.6. The van der Waals surface area contributed by atoms with Crippen LogP contribution in [0.5, 0.6) is 5.75 Å². The summed E-state index contributed by atoms with van der Waals surface area (Å²) in [6.07, 6.45) is 4.55. The van der Waals surface area contributed by atoms with Crippen LogP contribution >= 0.6 is 0 Å². The molecule has 0 saturated carbocycles. The van der Waals surface area contributed by atoms with E-state index < -0.39 is 0 Å². The van der Waals surface area contributed by atoms with Crippen LogP contribution in [0.15, 0.2) is 18.2 Å². The number of hydrogen-bond acceptors (Lipinski definition) is 2. The van der Waals surface area contributed by atoms with E-state index in [1.165, 1.54) is 5.56 Å². The Labute approximate surface area is 104 Å². The number of benzene rings is 1. The van der Waals surface area contributed by atoms with Crippen molar-refractivity contribution in [1.82, 2.24) is 0 Å². The van der Waals surface area contributed by atoms with Gasteiger partial charge < -0.3 is 4.74 Å². The Morgan fingerprint density at radius 3 is 2.47 bits per heavy atom. The predicted octanol–water partition coefficient (Wildman–Crippen LogP) is 3.56. The van der Waals surface area contributed by atoms with Gasteiger partial charge in [-0.1, -0.05) is 19.9 Å². The molecule has 0 aromatic heterocycles. The highest BCUT2D eigenvalue weighted by Crippen LogP contribution is 2.22. The van der Waals surface area contributed by atoms with Gasteiger partial charge in [-0.3, -0.25) is 4.79 Å². The van der Waals surface area contributed by atoms with E-state index in [1.807, 2.05) is 26.0 Å². The summed E-state index contributed by atoms with van der Waals surface area (Å²) in [6.45, 7) is 4.00. The third-order valence-electron chi connectivity index (χ3n) is 2.95. The summed E-state index contributed by atoms with van der Waals surface area (Å²) in [6, 6.07) is 6.07. The van der Waals surface area contributed by atoms with Crippen molar-refractivity contribution in [3.63, 3.8) is 0 Å². The first-order valence-corrected chi connectivity index (χ1v) is 6.47. The summed E-state index contributed by atoms with van der Waals surface area (Å²) < 4.78 is 5.18. The maximum Gasteiger partial charge on any atom is 0.137 e. The quantitative estimate of drug-likeness (QED) is 0.742. The highest BCUT2D eigenvalue weighted by atomic mass is 16.5. The molecule has 0 N–H and O–H groups in total. The van der Waals surface area contributed by atoms with Gasteiger partial charge in [-0.05, 0) is 42.5 Å². The second kappa shape index (κ2) is 7.10. The molecular weight excluding hydrogens is 212 g/mol. The first-order valence-electron chi connectivity index (χ1n) is 6.47. The first kappa shape index (κ1) is 13.8. The Kier molecular flexibility index (Phi) is 5.75. The molecule has 0 bridgehead atoms. The molecule has 2 heteroatoms. The number of fused-ring (bicyclic) bond motifs is 1. The van der Waals surface area contributed by atoms with E-state index in [0.717, 1.165) is 37.0 Å². The van der Waals surface area contributed by atoms with Crippen LogP contribution in [0, 0.1) is 0 Å². The summed E-state index contributed by atoms with van der Waals surface area (Å²) in [5, 5.41) is 0. The fourth-order valence-electron chi connectivity index (χ4n) is 2.08. The summed E-state index contributed by atoms with van der Waals surface area (Å²) in [7, 11) is 1.66. The summed E-state index contributed by atoms with van der Waals surface area (Å²) in [4.78, 5) is 11.6. The monoisotopic (exact) mass is 234 g/mol. The number of methoxy groups -OCH3 is 1. The third kappa shape index (κ3) is 3.88. The van der Waals surface area contributed by atoms with Crippen LogP contribution in [0.3, 0.4) is 0 Å². The molecule has 0 amide bonds. The number of carbonyl (C=O) groups is 1. The molecule has 1 aliphatic rings. The van der Waals surface area contributed by atoms with Gasteiger partial charge in [0.2, 0.25) is 0 Å². The number of ketones is 1. The minimum absolute atomic E-state index is 0.351. The van der Waals surface area contributed by atoms with Gasteiger partial charge in [-0.2, -0.15) is 0 Å². The van der Waals surface area contributed by atoms with Crippen LogP contribution in [0.25, 0.3) is 0 Å².